The third-order valence-corrected chi connectivity index (χ3v) is 6.69. The molecule has 0 aliphatic carbocycles. The summed E-state index contributed by atoms with van der Waals surface area (Å²) in [5.41, 5.74) is -3.20. The van der Waals surface area contributed by atoms with Gasteiger partial charge in [-0.05, 0) is 55.7 Å². The predicted molar refractivity (Wildman–Crippen MR) is 137 cm³/mol. The molecule has 1 heterocycles. The molecule has 3 amide bonds. The maximum Gasteiger partial charge on any atom is 0.416 e. The lowest BCUT2D eigenvalue weighted by Crippen LogP contribution is -2.47. The Labute approximate surface area is 237 Å². The second kappa shape index (κ2) is 12.4. The fraction of sp³-hybridized carbons (Fsp3) is 0.444. The number of hydrogen-bond donors (Lipinski definition) is 1. The fourth-order valence-corrected chi connectivity index (χ4v) is 4.83. The Balaban J connectivity index is 2.26. The van der Waals surface area contributed by atoms with Gasteiger partial charge in [-0.1, -0.05) is 0 Å². The number of halogens is 6. The smallest absolute Gasteiger partial charge is 0.416 e. The Hall–Kier alpha value is -4.17. The van der Waals surface area contributed by atoms with Gasteiger partial charge in [0.1, 0.15) is 5.75 Å². The zero-order valence-corrected chi connectivity index (χ0v) is 23.3. The first kappa shape index (κ1) is 32.3. The molecule has 230 valence electrons. The Kier molecular flexibility index (Phi) is 9.53. The van der Waals surface area contributed by atoms with Gasteiger partial charge < -0.3 is 19.5 Å². The third-order valence-electron chi connectivity index (χ3n) is 6.69. The molecule has 2 aromatic carbocycles. The van der Waals surface area contributed by atoms with Crippen LogP contribution in [0.1, 0.15) is 58.9 Å². The average Bonchev–Trinajstić information content (AvgIpc) is 2.92. The minimum Gasteiger partial charge on any atom is -0.496 e. The van der Waals surface area contributed by atoms with Crippen molar-refractivity contribution in [2.75, 3.05) is 32.8 Å². The van der Waals surface area contributed by atoms with Gasteiger partial charge >= 0.3 is 24.5 Å². The number of alkyl halides is 6. The molecule has 0 bridgehead atoms. The molecule has 1 aliphatic heterocycles. The van der Waals surface area contributed by atoms with Gasteiger partial charge in [0.05, 0.1) is 49.2 Å². The lowest BCUT2D eigenvalue weighted by atomic mass is 9.88. The van der Waals surface area contributed by atoms with Gasteiger partial charge in [-0.25, -0.2) is 9.59 Å². The van der Waals surface area contributed by atoms with Crippen molar-refractivity contribution in [2.24, 2.45) is 0 Å². The van der Waals surface area contributed by atoms with E-state index >= 15 is 0 Å². The Bertz CT molecular complexity index is 1310. The maximum atomic E-state index is 13.5. The normalized spacial score (nSPS) is 16.8. The molecule has 2 aromatic rings. The molecule has 2 unspecified atom stereocenters. The summed E-state index contributed by atoms with van der Waals surface area (Å²) in [5.74, 6) is -0.528. The van der Waals surface area contributed by atoms with Gasteiger partial charge in [0.25, 0.3) is 5.91 Å². The lowest BCUT2D eigenvalue weighted by Gasteiger charge is -2.42. The van der Waals surface area contributed by atoms with E-state index in [1.165, 1.54) is 31.2 Å². The number of fused-ring (bicyclic) bond motifs is 1. The fourth-order valence-electron chi connectivity index (χ4n) is 4.83. The number of ether oxygens (including phenoxy) is 3. The molecular formula is C27H29F6N3O6. The summed E-state index contributed by atoms with van der Waals surface area (Å²) in [4.78, 5) is 40.9. The summed E-state index contributed by atoms with van der Waals surface area (Å²) in [6.45, 7) is 2.51. The monoisotopic (exact) mass is 605 g/mol. The molecule has 9 nitrogen and oxygen atoms in total. The topological polar surface area (TPSA) is 97.4 Å². The molecule has 15 heteroatoms. The van der Waals surface area contributed by atoms with Crippen LogP contribution < -0.4 is 15.0 Å². The van der Waals surface area contributed by atoms with Gasteiger partial charge in [0.15, 0.2) is 0 Å². The van der Waals surface area contributed by atoms with Crippen molar-refractivity contribution in [3.63, 3.8) is 0 Å². The highest BCUT2D eigenvalue weighted by atomic mass is 19.4. The molecule has 42 heavy (non-hydrogen) atoms. The highest BCUT2D eigenvalue weighted by Crippen LogP contribution is 2.45. The molecule has 0 fully saturated rings. The number of nitrogens with zero attached hydrogens (tertiary/aromatic N) is 2. The minimum atomic E-state index is -5.10. The van der Waals surface area contributed by atoms with Crippen LogP contribution in [-0.2, 0) is 28.4 Å². The van der Waals surface area contributed by atoms with E-state index in [1.807, 2.05) is 0 Å². The summed E-state index contributed by atoms with van der Waals surface area (Å²) in [6.07, 6.45) is -12.1. The minimum absolute atomic E-state index is 0.00496. The molecule has 3 rings (SSSR count). The van der Waals surface area contributed by atoms with Crippen LogP contribution in [0.15, 0.2) is 30.3 Å². The van der Waals surface area contributed by atoms with Crippen LogP contribution >= 0.6 is 0 Å². The average molecular weight is 606 g/mol. The summed E-state index contributed by atoms with van der Waals surface area (Å²) in [7, 11) is 3.65. The van der Waals surface area contributed by atoms with E-state index in [1.54, 1.807) is 13.8 Å². The van der Waals surface area contributed by atoms with Crippen LogP contribution in [0, 0.1) is 0 Å². The molecule has 0 radical (unpaired) electrons. The SMILES string of the molecule is CCOC(=O)N1c2cc(OC)c(C(=O)NC)cc2C(N(Cc2cc(C(F)(F)F)cc(C(F)(F)F)c2)C(=O)OC)CC1C. The molecule has 0 aromatic heterocycles. The van der Waals surface area contributed by atoms with E-state index in [0.29, 0.717) is 12.1 Å². The highest BCUT2D eigenvalue weighted by molar-refractivity contribution is 5.99. The summed E-state index contributed by atoms with van der Waals surface area (Å²) >= 11 is 0. The largest absolute Gasteiger partial charge is 0.496 e. The van der Waals surface area contributed by atoms with Crippen LogP contribution in [0.25, 0.3) is 0 Å². The molecule has 0 spiro atoms. The van der Waals surface area contributed by atoms with Crippen LogP contribution in [0.3, 0.4) is 0 Å². The highest BCUT2D eigenvalue weighted by Gasteiger charge is 2.42. The van der Waals surface area contributed by atoms with Gasteiger partial charge in [-0.3, -0.25) is 14.6 Å². The Morgan fingerprint density at radius 2 is 1.60 bits per heavy atom. The number of anilines is 1. The van der Waals surface area contributed by atoms with Gasteiger partial charge in [0, 0.05) is 25.7 Å². The number of methoxy groups -OCH3 is 2. The predicted octanol–water partition coefficient (Wildman–Crippen LogP) is 6.16. The number of carbonyl (C=O) groups is 3. The second-order valence-corrected chi connectivity index (χ2v) is 9.37. The first-order valence-corrected chi connectivity index (χ1v) is 12.6. The van der Waals surface area contributed by atoms with Crippen molar-refractivity contribution in [2.45, 2.75) is 51.2 Å². The first-order chi connectivity index (χ1) is 19.6. The Morgan fingerprint density at radius 1 is 1.00 bits per heavy atom. The zero-order chi connectivity index (χ0) is 31.6. The van der Waals surface area contributed by atoms with Crippen LogP contribution in [0.2, 0.25) is 0 Å². The number of hydrogen-bond acceptors (Lipinski definition) is 6. The number of amides is 3. The van der Waals surface area contributed by atoms with E-state index in [2.05, 4.69) is 5.32 Å². The maximum absolute atomic E-state index is 13.5. The van der Waals surface area contributed by atoms with E-state index in [4.69, 9.17) is 14.2 Å². The lowest BCUT2D eigenvalue weighted by molar-refractivity contribution is -0.143. The molecule has 0 saturated heterocycles. The molecule has 1 aliphatic rings. The first-order valence-electron chi connectivity index (χ1n) is 12.6. The van der Waals surface area contributed by atoms with Crippen molar-refractivity contribution in [1.82, 2.24) is 10.2 Å². The van der Waals surface area contributed by atoms with Crippen molar-refractivity contribution in [1.29, 1.82) is 0 Å². The molecule has 1 N–H and O–H groups in total. The van der Waals surface area contributed by atoms with Gasteiger partial charge in [-0.15, -0.1) is 0 Å². The number of rotatable bonds is 6. The van der Waals surface area contributed by atoms with E-state index in [-0.39, 0.29) is 41.7 Å². The van der Waals surface area contributed by atoms with E-state index in [9.17, 15) is 40.7 Å². The molecular weight excluding hydrogens is 576 g/mol. The Morgan fingerprint density at radius 3 is 2.07 bits per heavy atom. The quantitative estimate of drug-likeness (QED) is 0.397. The molecule has 2 atom stereocenters. The second-order valence-electron chi connectivity index (χ2n) is 9.37. The zero-order valence-electron chi connectivity index (χ0n) is 23.3. The van der Waals surface area contributed by atoms with E-state index in [0.717, 1.165) is 12.0 Å². The standard InChI is InChI=1S/C27H29F6N3O6/c1-6-42-25(39)36-14(2)7-20(18-11-19(23(37)34-3)22(40-4)12-21(18)36)35(24(38)41-5)13-15-8-16(26(28,29)30)10-17(9-15)27(31,32)33/h8-12,14,20H,6-7,13H2,1-5H3,(H,34,37). The molecule has 0 saturated carbocycles. The van der Waals surface area contributed by atoms with Crippen LogP contribution in [0.4, 0.5) is 41.6 Å². The van der Waals surface area contributed by atoms with Crippen LogP contribution in [0.5, 0.6) is 5.75 Å². The summed E-state index contributed by atoms with van der Waals surface area (Å²) in [5, 5.41) is 2.44. The van der Waals surface area contributed by atoms with Crippen LogP contribution in [-0.4, -0.2) is 56.9 Å². The van der Waals surface area contributed by atoms with Crippen molar-refractivity contribution < 1.29 is 54.9 Å². The van der Waals surface area contributed by atoms with Gasteiger partial charge in [0.2, 0.25) is 0 Å². The van der Waals surface area contributed by atoms with Crippen molar-refractivity contribution in [3.05, 3.63) is 58.1 Å². The third kappa shape index (κ3) is 6.65. The van der Waals surface area contributed by atoms with Gasteiger partial charge in [-0.2, -0.15) is 26.3 Å². The number of nitrogens with one attached hydrogen (secondary N) is 1. The van der Waals surface area contributed by atoms with Crippen molar-refractivity contribution >= 4 is 23.8 Å². The number of benzene rings is 2. The summed E-state index contributed by atoms with van der Waals surface area (Å²) < 4.78 is 96.6. The van der Waals surface area contributed by atoms with Crippen molar-refractivity contribution in [3.8, 4) is 5.75 Å². The summed E-state index contributed by atoms with van der Waals surface area (Å²) in [6, 6.07) is 2.01. The van der Waals surface area contributed by atoms with E-state index < -0.39 is 65.8 Å². The number of carbonyl (C=O) groups excluding carboxylic acids is 3.